The Bertz CT molecular complexity index is 693. The van der Waals surface area contributed by atoms with E-state index in [1.165, 1.54) is 16.0 Å². The number of aryl methyl sites for hydroxylation is 2. The van der Waals surface area contributed by atoms with Crippen LogP contribution < -0.4 is 5.32 Å². The van der Waals surface area contributed by atoms with E-state index < -0.39 is 0 Å². The first-order valence-electron chi connectivity index (χ1n) is 6.23. The number of aromatic nitrogens is 3. The number of para-hydroxylation sites is 1. The third kappa shape index (κ3) is 2.21. The number of nitrogens with one attached hydrogen (secondary N) is 1. The van der Waals surface area contributed by atoms with Crippen molar-refractivity contribution in [1.82, 2.24) is 14.8 Å². The van der Waals surface area contributed by atoms with Crippen LogP contribution in [-0.2, 0) is 13.6 Å². The maximum atomic E-state index is 4.57. The molecule has 0 unspecified atom stereocenters. The van der Waals surface area contributed by atoms with E-state index in [4.69, 9.17) is 0 Å². The summed E-state index contributed by atoms with van der Waals surface area (Å²) in [5, 5.41) is 8.79. The summed E-state index contributed by atoms with van der Waals surface area (Å²) in [4.78, 5) is 4.57. The van der Waals surface area contributed by atoms with Gasteiger partial charge in [-0.2, -0.15) is 5.10 Å². The van der Waals surface area contributed by atoms with Crippen molar-refractivity contribution in [3.05, 3.63) is 41.2 Å². The number of fused-ring (bicyclic) bond motifs is 1. The van der Waals surface area contributed by atoms with Crippen LogP contribution in [0.15, 0.2) is 24.3 Å². The zero-order valence-corrected chi connectivity index (χ0v) is 12.1. The van der Waals surface area contributed by atoms with Crippen molar-refractivity contribution in [2.45, 2.75) is 20.4 Å². The number of hydrogen-bond donors (Lipinski definition) is 1. The van der Waals surface area contributed by atoms with Gasteiger partial charge in [-0.05, 0) is 26.0 Å². The smallest absolute Gasteiger partial charge is 0.184 e. The first kappa shape index (κ1) is 12.2. The molecule has 0 saturated heterocycles. The molecule has 0 amide bonds. The van der Waals surface area contributed by atoms with Gasteiger partial charge >= 0.3 is 0 Å². The summed E-state index contributed by atoms with van der Waals surface area (Å²) in [6.07, 6.45) is 0. The van der Waals surface area contributed by atoms with Gasteiger partial charge < -0.3 is 5.32 Å². The number of thiazole rings is 1. The molecule has 4 nitrogen and oxygen atoms in total. The molecule has 3 aromatic rings. The number of nitrogens with zero attached hydrogens (tertiary/aromatic N) is 3. The molecule has 0 aliphatic heterocycles. The van der Waals surface area contributed by atoms with Gasteiger partial charge in [-0.1, -0.05) is 23.5 Å². The Morgan fingerprint density at radius 1 is 1.26 bits per heavy atom. The molecule has 2 aromatic heterocycles. The molecule has 2 heterocycles. The first-order chi connectivity index (χ1) is 9.15. The minimum atomic E-state index is 0.769. The molecular weight excluding hydrogens is 256 g/mol. The molecule has 0 atom stereocenters. The van der Waals surface area contributed by atoms with Crippen molar-refractivity contribution in [3.8, 4) is 0 Å². The number of rotatable bonds is 3. The molecule has 0 aliphatic rings. The predicted molar refractivity (Wildman–Crippen MR) is 79.6 cm³/mol. The standard InChI is InChI=1S/C14H16N4S/c1-9-11(10(2)18(3)17-9)8-15-14-16-12-6-4-5-7-13(12)19-14/h4-7H,8H2,1-3H3,(H,15,16). The highest BCUT2D eigenvalue weighted by molar-refractivity contribution is 7.22. The molecule has 0 radical (unpaired) electrons. The van der Waals surface area contributed by atoms with Gasteiger partial charge in [-0.25, -0.2) is 4.98 Å². The molecule has 0 spiro atoms. The highest BCUT2D eigenvalue weighted by Crippen LogP contribution is 2.26. The van der Waals surface area contributed by atoms with Crippen molar-refractivity contribution < 1.29 is 0 Å². The molecular formula is C14H16N4S. The maximum absolute atomic E-state index is 4.57. The van der Waals surface area contributed by atoms with Gasteiger partial charge in [0.1, 0.15) is 0 Å². The second-order valence-electron chi connectivity index (χ2n) is 4.61. The average molecular weight is 272 g/mol. The molecule has 98 valence electrons. The van der Waals surface area contributed by atoms with Crippen molar-refractivity contribution in [2.24, 2.45) is 7.05 Å². The summed E-state index contributed by atoms with van der Waals surface area (Å²) in [7, 11) is 1.98. The van der Waals surface area contributed by atoms with Crippen LogP contribution in [0.4, 0.5) is 5.13 Å². The monoisotopic (exact) mass is 272 g/mol. The third-order valence-electron chi connectivity index (χ3n) is 3.37. The minimum absolute atomic E-state index is 0.769. The van der Waals surface area contributed by atoms with Crippen molar-refractivity contribution in [1.29, 1.82) is 0 Å². The molecule has 0 saturated carbocycles. The van der Waals surface area contributed by atoms with Crippen LogP contribution in [0.5, 0.6) is 0 Å². The largest absolute Gasteiger partial charge is 0.357 e. The Balaban J connectivity index is 1.82. The second kappa shape index (κ2) is 4.66. The van der Waals surface area contributed by atoms with E-state index >= 15 is 0 Å². The second-order valence-corrected chi connectivity index (χ2v) is 5.64. The van der Waals surface area contributed by atoms with Crippen LogP contribution >= 0.6 is 11.3 Å². The molecule has 1 N–H and O–H groups in total. The maximum Gasteiger partial charge on any atom is 0.184 e. The van der Waals surface area contributed by atoms with Gasteiger partial charge in [0.2, 0.25) is 0 Å². The zero-order chi connectivity index (χ0) is 13.4. The van der Waals surface area contributed by atoms with Gasteiger partial charge in [0.15, 0.2) is 5.13 Å². The lowest BCUT2D eigenvalue weighted by molar-refractivity contribution is 0.730. The Morgan fingerprint density at radius 2 is 2.05 bits per heavy atom. The number of benzene rings is 1. The van der Waals surface area contributed by atoms with Crippen LogP contribution in [0.25, 0.3) is 10.2 Å². The van der Waals surface area contributed by atoms with Crippen LogP contribution in [-0.4, -0.2) is 14.8 Å². The lowest BCUT2D eigenvalue weighted by atomic mass is 10.2. The summed E-state index contributed by atoms with van der Waals surface area (Å²) in [6, 6.07) is 8.19. The fraction of sp³-hybridized carbons (Fsp3) is 0.286. The zero-order valence-electron chi connectivity index (χ0n) is 11.3. The van der Waals surface area contributed by atoms with E-state index in [2.05, 4.69) is 28.4 Å². The quantitative estimate of drug-likeness (QED) is 0.796. The Morgan fingerprint density at radius 3 is 2.74 bits per heavy atom. The van der Waals surface area contributed by atoms with E-state index in [0.29, 0.717) is 0 Å². The number of anilines is 1. The molecule has 19 heavy (non-hydrogen) atoms. The topological polar surface area (TPSA) is 42.7 Å². The van der Waals surface area contributed by atoms with Crippen molar-refractivity contribution >= 4 is 26.7 Å². The Hall–Kier alpha value is -1.88. The third-order valence-corrected chi connectivity index (χ3v) is 4.36. The molecule has 5 heteroatoms. The summed E-state index contributed by atoms with van der Waals surface area (Å²) in [5.41, 5.74) is 4.58. The summed E-state index contributed by atoms with van der Waals surface area (Å²) >= 11 is 1.69. The lowest BCUT2D eigenvalue weighted by Crippen LogP contribution is -2.01. The predicted octanol–water partition coefficient (Wildman–Crippen LogP) is 3.26. The summed E-state index contributed by atoms with van der Waals surface area (Å²) < 4.78 is 3.13. The molecule has 0 fully saturated rings. The van der Waals surface area contributed by atoms with Gasteiger partial charge in [-0.3, -0.25) is 4.68 Å². The highest BCUT2D eigenvalue weighted by atomic mass is 32.1. The van der Waals surface area contributed by atoms with E-state index in [9.17, 15) is 0 Å². The summed E-state index contributed by atoms with van der Waals surface area (Å²) in [5.74, 6) is 0. The van der Waals surface area contributed by atoms with E-state index in [1.807, 2.05) is 36.9 Å². The SMILES string of the molecule is Cc1nn(C)c(C)c1CNc1nc2ccccc2s1. The fourth-order valence-corrected chi connectivity index (χ4v) is 3.05. The van der Waals surface area contributed by atoms with Gasteiger partial charge in [-0.15, -0.1) is 0 Å². The lowest BCUT2D eigenvalue weighted by Gasteiger charge is -2.03. The van der Waals surface area contributed by atoms with E-state index in [-0.39, 0.29) is 0 Å². The summed E-state index contributed by atoms with van der Waals surface area (Å²) in [6.45, 7) is 4.91. The fourth-order valence-electron chi connectivity index (χ4n) is 2.19. The molecule has 0 aliphatic carbocycles. The van der Waals surface area contributed by atoms with Crippen LogP contribution in [0, 0.1) is 13.8 Å². The van der Waals surface area contributed by atoms with Gasteiger partial charge in [0, 0.05) is 24.8 Å². The normalized spacial score (nSPS) is 11.1. The van der Waals surface area contributed by atoms with Crippen LogP contribution in [0.3, 0.4) is 0 Å². The highest BCUT2D eigenvalue weighted by Gasteiger charge is 2.10. The van der Waals surface area contributed by atoms with Crippen molar-refractivity contribution in [2.75, 3.05) is 5.32 Å². The Kier molecular flexibility index (Phi) is 2.98. The van der Waals surface area contributed by atoms with Crippen LogP contribution in [0.1, 0.15) is 17.0 Å². The van der Waals surface area contributed by atoms with Gasteiger partial charge in [0.25, 0.3) is 0 Å². The molecule has 0 bridgehead atoms. The van der Waals surface area contributed by atoms with Crippen molar-refractivity contribution in [3.63, 3.8) is 0 Å². The average Bonchev–Trinajstić information content (AvgIpc) is 2.90. The van der Waals surface area contributed by atoms with E-state index in [0.717, 1.165) is 22.9 Å². The molecule has 1 aromatic carbocycles. The van der Waals surface area contributed by atoms with E-state index in [1.54, 1.807) is 11.3 Å². The Labute approximate surface area is 116 Å². The first-order valence-corrected chi connectivity index (χ1v) is 7.05. The number of hydrogen-bond acceptors (Lipinski definition) is 4. The molecule has 3 rings (SSSR count). The van der Waals surface area contributed by atoms with Crippen LogP contribution in [0.2, 0.25) is 0 Å². The minimum Gasteiger partial charge on any atom is -0.357 e. The van der Waals surface area contributed by atoms with Gasteiger partial charge in [0.05, 0.1) is 15.9 Å².